The summed E-state index contributed by atoms with van der Waals surface area (Å²) < 4.78 is 30.0. The molecule has 0 aliphatic carbocycles. The van der Waals surface area contributed by atoms with Crippen molar-refractivity contribution in [1.29, 1.82) is 0 Å². The summed E-state index contributed by atoms with van der Waals surface area (Å²) in [7, 11) is 3.13. The number of ether oxygens (including phenoxy) is 3. The summed E-state index contributed by atoms with van der Waals surface area (Å²) in [6, 6.07) is 17.1. The topological polar surface area (TPSA) is 68.3 Å². The minimum atomic E-state index is -0.260. The van der Waals surface area contributed by atoms with Gasteiger partial charge in [0, 0.05) is 36.3 Å². The molecule has 2 aliphatic rings. The molecule has 2 atom stereocenters. The number of hydrogen-bond donors (Lipinski definition) is 0. The Labute approximate surface area is 221 Å². The van der Waals surface area contributed by atoms with Crippen molar-refractivity contribution in [3.05, 3.63) is 94.3 Å². The van der Waals surface area contributed by atoms with Crippen molar-refractivity contribution < 1.29 is 28.2 Å². The Kier molecular flexibility index (Phi) is 7.33. The summed E-state index contributed by atoms with van der Waals surface area (Å²) in [4.78, 5) is 30.5. The molecule has 2 saturated heterocycles. The van der Waals surface area contributed by atoms with E-state index < -0.39 is 0 Å². The van der Waals surface area contributed by atoms with Crippen LogP contribution < -0.4 is 9.47 Å². The number of methoxy groups -OCH3 is 2. The van der Waals surface area contributed by atoms with E-state index >= 15 is 0 Å². The predicted molar refractivity (Wildman–Crippen MR) is 140 cm³/mol. The van der Waals surface area contributed by atoms with Gasteiger partial charge in [-0.2, -0.15) is 0 Å². The summed E-state index contributed by atoms with van der Waals surface area (Å²) >= 11 is 0. The van der Waals surface area contributed by atoms with Crippen LogP contribution in [0.25, 0.3) is 0 Å². The van der Waals surface area contributed by atoms with E-state index in [-0.39, 0.29) is 29.8 Å². The zero-order valence-electron chi connectivity index (χ0n) is 21.8. The molecule has 2 fully saturated rings. The quantitative estimate of drug-likeness (QED) is 0.492. The van der Waals surface area contributed by atoms with Crippen LogP contribution in [0.2, 0.25) is 0 Å². The number of nitrogens with zero attached hydrogens (tertiary/aromatic N) is 2. The van der Waals surface area contributed by atoms with Crippen molar-refractivity contribution in [1.82, 2.24) is 9.80 Å². The molecule has 2 amide bonds. The summed E-state index contributed by atoms with van der Waals surface area (Å²) in [6.45, 7) is 3.55. The minimum absolute atomic E-state index is 0.0791. The first-order valence-electron chi connectivity index (χ1n) is 12.7. The van der Waals surface area contributed by atoms with Gasteiger partial charge in [-0.25, -0.2) is 4.39 Å². The molecule has 2 aliphatic heterocycles. The average Bonchev–Trinajstić information content (AvgIpc) is 3.39. The van der Waals surface area contributed by atoms with Gasteiger partial charge in [0.15, 0.2) is 0 Å². The molecule has 0 aromatic heterocycles. The third-order valence-corrected chi connectivity index (χ3v) is 7.37. The Morgan fingerprint density at radius 2 is 1.50 bits per heavy atom. The van der Waals surface area contributed by atoms with Gasteiger partial charge in [-0.1, -0.05) is 24.3 Å². The number of hydrogen-bond acceptors (Lipinski definition) is 5. The first-order chi connectivity index (χ1) is 18.4. The van der Waals surface area contributed by atoms with Crippen molar-refractivity contribution >= 4 is 11.8 Å². The summed E-state index contributed by atoms with van der Waals surface area (Å²) in [5.41, 5.74) is 3.92. The van der Waals surface area contributed by atoms with Gasteiger partial charge in [0.05, 0.1) is 33.0 Å². The van der Waals surface area contributed by atoms with Gasteiger partial charge in [0.2, 0.25) is 0 Å². The highest BCUT2D eigenvalue weighted by atomic mass is 19.1. The molecule has 3 aromatic rings. The number of likely N-dealkylation sites (tertiary alicyclic amines) is 1. The van der Waals surface area contributed by atoms with E-state index in [0.717, 1.165) is 16.7 Å². The molecule has 5 rings (SSSR count). The average molecular weight is 519 g/mol. The molecule has 2 heterocycles. The van der Waals surface area contributed by atoms with Crippen LogP contribution in [0, 0.1) is 12.7 Å². The van der Waals surface area contributed by atoms with Crippen molar-refractivity contribution in [2.45, 2.75) is 25.5 Å². The van der Waals surface area contributed by atoms with E-state index in [0.29, 0.717) is 55.3 Å². The molecule has 0 unspecified atom stereocenters. The number of fused-ring (bicyclic) bond motifs is 1. The smallest absolute Gasteiger partial charge is 0.254 e. The van der Waals surface area contributed by atoms with Gasteiger partial charge in [-0.3, -0.25) is 9.59 Å². The molecule has 0 saturated carbocycles. The fourth-order valence-electron chi connectivity index (χ4n) is 5.27. The lowest BCUT2D eigenvalue weighted by atomic mass is 10.0. The predicted octanol–water partition coefficient (Wildman–Crippen LogP) is 4.11. The van der Waals surface area contributed by atoms with E-state index in [1.54, 1.807) is 43.4 Å². The van der Waals surface area contributed by atoms with Crippen molar-refractivity contribution in [3.8, 4) is 11.5 Å². The lowest BCUT2D eigenvalue weighted by molar-refractivity contribution is -0.0369. The highest BCUT2D eigenvalue weighted by Gasteiger charge is 2.44. The Balaban J connectivity index is 1.29. The number of benzene rings is 3. The minimum Gasteiger partial charge on any atom is -0.496 e. The zero-order valence-corrected chi connectivity index (χ0v) is 21.8. The molecule has 0 bridgehead atoms. The fourth-order valence-corrected chi connectivity index (χ4v) is 5.27. The molecular formula is C30H31FN2O5. The van der Waals surface area contributed by atoms with Crippen LogP contribution in [-0.2, 0) is 11.2 Å². The normalized spacial score (nSPS) is 18.7. The van der Waals surface area contributed by atoms with E-state index in [9.17, 15) is 14.0 Å². The van der Waals surface area contributed by atoms with Crippen LogP contribution in [0.4, 0.5) is 4.39 Å². The van der Waals surface area contributed by atoms with Crippen molar-refractivity contribution in [2.75, 3.05) is 40.5 Å². The van der Waals surface area contributed by atoms with Crippen LogP contribution in [0.1, 0.15) is 37.4 Å². The van der Waals surface area contributed by atoms with Gasteiger partial charge in [-0.15, -0.1) is 0 Å². The number of amides is 2. The van der Waals surface area contributed by atoms with E-state index in [1.807, 2.05) is 36.1 Å². The summed E-state index contributed by atoms with van der Waals surface area (Å²) in [6.07, 6.45) is 0.409. The van der Waals surface area contributed by atoms with E-state index in [1.165, 1.54) is 12.1 Å². The van der Waals surface area contributed by atoms with E-state index in [2.05, 4.69) is 0 Å². The number of halogens is 1. The second kappa shape index (κ2) is 10.8. The highest BCUT2D eigenvalue weighted by molar-refractivity contribution is 5.96. The zero-order chi connectivity index (χ0) is 26.8. The highest BCUT2D eigenvalue weighted by Crippen LogP contribution is 2.32. The third kappa shape index (κ3) is 5.09. The van der Waals surface area contributed by atoms with Crippen LogP contribution in [-0.4, -0.2) is 74.2 Å². The summed E-state index contributed by atoms with van der Waals surface area (Å²) in [5.74, 6) is 0.672. The molecule has 0 N–H and O–H groups in total. The second-order valence-electron chi connectivity index (χ2n) is 9.69. The lowest BCUT2D eigenvalue weighted by Gasteiger charge is -2.36. The fraction of sp³-hybridized carbons (Fsp3) is 0.333. The molecule has 7 nitrogen and oxygen atoms in total. The monoisotopic (exact) mass is 518 g/mol. The summed E-state index contributed by atoms with van der Waals surface area (Å²) in [5, 5.41) is 0. The molecule has 38 heavy (non-hydrogen) atoms. The Morgan fingerprint density at radius 3 is 2.11 bits per heavy atom. The molecular weight excluding hydrogens is 487 g/mol. The van der Waals surface area contributed by atoms with Crippen LogP contribution >= 0.6 is 0 Å². The first kappa shape index (κ1) is 25.7. The first-order valence-corrected chi connectivity index (χ1v) is 12.7. The maximum atomic E-state index is 13.5. The molecule has 198 valence electrons. The molecule has 0 spiro atoms. The van der Waals surface area contributed by atoms with E-state index in [4.69, 9.17) is 14.2 Å². The Bertz CT molecular complexity index is 1300. The van der Waals surface area contributed by atoms with Crippen molar-refractivity contribution in [2.24, 2.45) is 0 Å². The molecule has 8 heteroatoms. The number of morpholine rings is 1. The maximum Gasteiger partial charge on any atom is 0.254 e. The Hall–Kier alpha value is -3.91. The number of rotatable bonds is 6. The van der Waals surface area contributed by atoms with Gasteiger partial charge >= 0.3 is 0 Å². The SMILES string of the molecule is COc1cc(C(=O)N2C[C@H]3OCCN(C(=O)c4ccc(Cc5ccc(F)cc5)cc4)[C@H]3C2)cc(OC)c1C. The standard InChI is InChI=1S/C30H31FN2O5/c1-19-26(36-2)15-23(16-27(19)37-3)29(34)32-17-25-28(18-32)38-13-12-33(25)30(35)22-8-4-20(5-9-22)14-21-6-10-24(31)11-7-21/h4-11,15-16,25,28H,12-14,17-18H2,1-3H3/t25-,28+/m0/s1. The largest absolute Gasteiger partial charge is 0.496 e. The van der Waals surface area contributed by atoms with Gasteiger partial charge in [0.25, 0.3) is 11.8 Å². The van der Waals surface area contributed by atoms with Crippen molar-refractivity contribution in [3.63, 3.8) is 0 Å². The van der Waals surface area contributed by atoms with Crippen LogP contribution in [0.15, 0.2) is 60.7 Å². The molecule has 0 radical (unpaired) electrons. The third-order valence-electron chi connectivity index (χ3n) is 7.37. The van der Waals surface area contributed by atoms with Gasteiger partial charge in [-0.05, 0) is 60.9 Å². The number of carbonyl (C=O) groups excluding carboxylic acids is 2. The van der Waals surface area contributed by atoms with Gasteiger partial charge in [0.1, 0.15) is 17.3 Å². The second-order valence-corrected chi connectivity index (χ2v) is 9.69. The number of carbonyl (C=O) groups is 2. The van der Waals surface area contributed by atoms with Gasteiger partial charge < -0.3 is 24.0 Å². The maximum absolute atomic E-state index is 13.5. The van der Waals surface area contributed by atoms with Crippen LogP contribution in [0.5, 0.6) is 11.5 Å². The molecule has 3 aromatic carbocycles. The Morgan fingerprint density at radius 1 is 0.895 bits per heavy atom. The van der Waals surface area contributed by atoms with Crippen LogP contribution in [0.3, 0.4) is 0 Å². The lowest BCUT2D eigenvalue weighted by Crippen LogP contribution is -2.53.